The Morgan fingerprint density at radius 3 is 2.19 bits per heavy atom. The van der Waals surface area contributed by atoms with Crippen LogP contribution in [0.3, 0.4) is 0 Å². The summed E-state index contributed by atoms with van der Waals surface area (Å²) in [6.45, 7) is 2.02. The summed E-state index contributed by atoms with van der Waals surface area (Å²) in [4.78, 5) is 12.7. The molecule has 0 N–H and O–H groups in total. The van der Waals surface area contributed by atoms with Crippen molar-refractivity contribution in [2.24, 2.45) is 0 Å². The van der Waals surface area contributed by atoms with Gasteiger partial charge in [-0.25, -0.2) is 8.42 Å². The van der Waals surface area contributed by atoms with Gasteiger partial charge in [0, 0.05) is 22.2 Å². The number of rotatable bonds is 5. The number of benzene rings is 2. The maximum absolute atomic E-state index is 13.2. The molecule has 0 unspecified atom stereocenters. The molecule has 8 heteroatoms. The predicted octanol–water partition coefficient (Wildman–Crippen LogP) is 4.95. The summed E-state index contributed by atoms with van der Waals surface area (Å²) in [5, 5.41) is 0.882. The van der Waals surface area contributed by atoms with Gasteiger partial charge in [-0.2, -0.15) is 4.31 Å². The molecular formula is C19H17Cl2NO3S2. The zero-order valence-corrected chi connectivity index (χ0v) is 17.6. The molecule has 0 fully saturated rings. The molecule has 2 aromatic rings. The van der Waals surface area contributed by atoms with E-state index >= 15 is 0 Å². The third kappa shape index (κ3) is 4.25. The first-order valence-electron chi connectivity index (χ1n) is 8.24. The highest BCUT2D eigenvalue weighted by molar-refractivity contribution is 8.14. The number of sulfonamides is 1. The maximum Gasteiger partial charge on any atom is 0.244 e. The normalized spacial score (nSPS) is 17.7. The summed E-state index contributed by atoms with van der Waals surface area (Å²) < 4.78 is 27.8. The Balaban J connectivity index is 2.05. The average molecular weight is 442 g/mol. The smallest absolute Gasteiger partial charge is 0.244 e. The van der Waals surface area contributed by atoms with Crippen LogP contribution in [-0.2, 0) is 14.8 Å². The molecular weight excluding hydrogens is 425 g/mol. The number of nitrogens with zero attached hydrogens (tertiary/aromatic N) is 1. The first-order chi connectivity index (χ1) is 12.8. The SMILES string of the molecule is CCSC(=O)C1=CCN(S(=O)(=O)c2ccc(Cl)cc2)[C@@H]1c1ccc(Cl)cc1. The summed E-state index contributed by atoms with van der Waals surface area (Å²) in [7, 11) is -3.82. The Kier molecular flexibility index (Phi) is 6.33. The fourth-order valence-corrected chi connectivity index (χ4v) is 5.35. The van der Waals surface area contributed by atoms with Gasteiger partial charge in [0.2, 0.25) is 15.1 Å². The Morgan fingerprint density at radius 2 is 1.63 bits per heavy atom. The first kappa shape index (κ1) is 20.4. The second kappa shape index (κ2) is 8.37. The maximum atomic E-state index is 13.2. The van der Waals surface area contributed by atoms with Gasteiger partial charge in [0.05, 0.1) is 10.9 Å². The lowest BCUT2D eigenvalue weighted by Gasteiger charge is -2.26. The van der Waals surface area contributed by atoms with Crippen molar-refractivity contribution in [3.05, 3.63) is 75.8 Å². The highest BCUT2D eigenvalue weighted by atomic mass is 35.5. The minimum Gasteiger partial charge on any atom is -0.282 e. The van der Waals surface area contributed by atoms with E-state index in [1.165, 1.54) is 40.3 Å². The van der Waals surface area contributed by atoms with Gasteiger partial charge >= 0.3 is 0 Å². The van der Waals surface area contributed by atoms with Gasteiger partial charge in [-0.1, -0.05) is 60.1 Å². The summed E-state index contributed by atoms with van der Waals surface area (Å²) >= 11 is 13.0. The van der Waals surface area contributed by atoms with Gasteiger partial charge in [-0.3, -0.25) is 4.79 Å². The molecule has 1 heterocycles. The van der Waals surface area contributed by atoms with E-state index in [1.54, 1.807) is 30.3 Å². The summed E-state index contributed by atoms with van der Waals surface area (Å²) in [6.07, 6.45) is 1.69. The number of carbonyl (C=O) groups is 1. The number of thioether (sulfide) groups is 1. The van der Waals surface area contributed by atoms with Crippen LogP contribution in [0.15, 0.2) is 65.1 Å². The van der Waals surface area contributed by atoms with Crippen LogP contribution in [0.2, 0.25) is 10.0 Å². The molecule has 0 saturated carbocycles. The fraction of sp³-hybridized carbons (Fsp3) is 0.211. The fourth-order valence-electron chi connectivity index (χ4n) is 2.94. The largest absolute Gasteiger partial charge is 0.282 e. The molecule has 1 atom stereocenters. The Morgan fingerprint density at radius 1 is 1.07 bits per heavy atom. The van der Waals surface area contributed by atoms with Gasteiger partial charge in [0.25, 0.3) is 0 Å². The van der Waals surface area contributed by atoms with Crippen LogP contribution in [0, 0.1) is 0 Å². The van der Waals surface area contributed by atoms with Crippen LogP contribution in [0.25, 0.3) is 0 Å². The first-order valence-corrected chi connectivity index (χ1v) is 11.4. The molecule has 142 valence electrons. The van der Waals surface area contributed by atoms with Gasteiger partial charge in [0.15, 0.2) is 0 Å². The van der Waals surface area contributed by atoms with Crippen molar-refractivity contribution in [1.29, 1.82) is 0 Å². The van der Waals surface area contributed by atoms with E-state index < -0.39 is 16.1 Å². The van der Waals surface area contributed by atoms with Crippen LogP contribution in [0.4, 0.5) is 0 Å². The molecule has 0 saturated heterocycles. The number of hydrogen-bond donors (Lipinski definition) is 0. The van der Waals surface area contributed by atoms with Crippen LogP contribution in [-0.4, -0.2) is 30.1 Å². The van der Waals surface area contributed by atoms with Gasteiger partial charge in [0.1, 0.15) is 0 Å². The Bertz CT molecular complexity index is 971. The summed E-state index contributed by atoms with van der Waals surface area (Å²) in [5.74, 6) is 0.618. The van der Waals surface area contributed by atoms with E-state index in [2.05, 4.69) is 0 Å². The van der Waals surface area contributed by atoms with Crippen molar-refractivity contribution < 1.29 is 13.2 Å². The highest BCUT2D eigenvalue weighted by Gasteiger charge is 2.40. The molecule has 4 nitrogen and oxygen atoms in total. The van der Waals surface area contributed by atoms with Gasteiger partial charge in [-0.05, 0) is 47.7 Å². The molecule has 0 aromatic heterocycles. The molecule has 0 aliphatic carbocycles. The Labute approximate surface area is 173 Å². The van der Waals surface area contributed by atoms with Gasteiger partial charge in [-0.15, -0.1) is 0 Å². The number of halogens is 2. The van der Waals surface area contributed by atoms with Crippen LogP contribution in [0.1, 0.15) is 18.5 Å². The second-order valence-electron chi connectivity index (χ2n) is 5.86. The molecule has 3 rings (SSSR count). The van der Waals surface area contributed by atoms with Crippen molar-refractivity contribution in [3.63, 3.8) is 0 Å². The quantitative estimate of drug-likeness (QED) is 0.658. The zero-order chi connectivity index (χ0) is 19.6. The molecule has 0 radical (unpaired) electrons. The monoisotopic (exact) mass is 441 g/mol. The lowest BCUT2D eigenvalue weighted by molar-refractivity contribution is -0.108. The second-order valence-corrected chi connectivity index (χ2v) is 9.86. The topological polar surface area (TPSA) is 54.5 Å². The van der Waals surface area contributed by atoms with E-state index in [0.29, 0.717) is 26.9 Å². The van der Waals surface area contributed by atoms with E-state index in [1.807, 2.05) is 6.92 Å². The highest BCUT2D eigenvalue weighted by Crippen LogP contribution is 2.40. The van der Waals surface area contributed by atoms with E-state index in [4.69, 9.17) is 23.2 Å². The van der Waals surface area contributed by atoms with Crippen molar-refractivity contribution in [2.75, 3.05) is 12.3 Å². The molecule has 1 aliphatic heterocycles. The van der Waals surface area contributed by atoms with Gasteiger partial charge < -0.3 is 0 Å². The van der Waals surface area contributed by atoms with E-state index in [0.717, 1.165) is 0 Å². The number of hydrogen-bond acceptors (Lipinski definition) is 4. The van der Waals surface area contributed by atoms with Crippen molar-refractivity contribution in [1.82, 2.24) is 4.31 Å². The third-order valence-corrected chi connectivity index (χ3v) is 7.33. The molecule has 0 bridgehead atoms. The zero-order valence-electron chi connectivity index (χ0n) is 14.4. The summed E-state index contributed by atoms with van der Waals surface area (Å²) in [5.41, 5.74) is 1.17. The van der Waals surface area contributed by atoms with E-state index in [-0.39, 0.29) is 16.6 Å². The lowest BCUT2D eigenvalue weighted by atomic mass is 10.0. The lowest BCUT2D eigenvalue weighted by Crippen LogP contribution is -2.33. The molecule has 0 spiro atoms. The van der Waals surface area contributed by atoms with Crippen molar-refractivity contribution in [2.45, 2.75) is 17.9 Å². The molecule has 1 aliphatic rings. The number of carbonyl (C=O) groups excluding carboxylic acids is 1. The Hall–Kier alpha value is -1.31. The minimum atomic E-state index is -3.82. The van der Waals surface area contributed by atoms with Crippen LogP contribution < -0.4 is 0 Å². The predicted molar refractivity (Wildman–Crippen MR) is 111 cm³/mol. The molecule has 27 heavy (non-hydrogen) atoms. The van der Waals surface area contributed by atoms with Crippen molar-refractivity contribution >= 4 is 50.1 Å². The summed E-state index contributed by atoms with van der Waals surface area (Å²) in [6, 6.07) is 12.2. The molecule has 0 amide bonds. The van der Waals surface area contributed by atoms with Crippen LogP contribution >= 0.6 is 35.0 Å². The standard InChI is InChI=1S/C19H17Cl2NO3S2/c1-2-26-19(23)17-11-12-22(18(17)13-3-5-14(20)6-4-13)27(24,25)16-9-7-15(21)8-10-16/h3-11,18H,2,12H2,1H3/t18-/m1/s1. The van der Waals surface area contributed by atoms with Crippen LogP contribution in [0.5, 0.6) is 0 Å². The molecule has 2 aromatic carbocycles. The third-order valence-electron chi connectivity index (χ3n) is 4.19. The minimum absolute atomic E-state index is 0.119. The van der Waals surface area contributed by atoms with E-state index in [9.17, 15) is 13.2 Å². The van der Waals surface area contributed by atoms with Crippen molar-refractivity contribution in [3.8, 4) is 0 Å². The average Bonchev–Trinajstić information content (AvgIpc) is 3.09.